The van der Waals surface area contributed by atoms with Gasteiger partial charge in [0.1, 0.15) is 9.79 Å². The van der Waals surface area contributed by atoms with Crippen molar-refractivity contribution >= 4 is 59.7 Å². The smallest absolute Gasteiger partial charge is 0.295 e. The molecule has 0 heterocycles. The SMILES string of the molecule is CC(C)C(=O)Nc1ccc(C=Cc2ccc(NS(=O)(=O)C(C)C)cc2S(=O)(=O)O)c(S(=O)(=O)O)c1. The number of sulfonamides is 1. The molecule has 2 aromatic carbocycles. The van der Waals surface area contributed by atoms with Crippen molar-refractivity contribution in [1.29, 1.82) is 0 Å². The van der Waals surface area contributed by atoms with Gasteiger partial charge in [0.15, 0.2) is 0 Å². The van der Waals surface area contributed by atoms with Crippen LogP contribution in [-0.2, 0) is 35.1 Å². The second-order valence-corrected chi connectivity index (χ2v) is 13.1. The molecule has 0 saturated heterocycles. The van der Waals surface area contributed by atoms with Gasteiger partial charge in [-0.15, -0.1) is 0 Å². The fourth-order valence-corrected chi connectivity index (χ4v) is 4.79. The van der Waals surface area contributed by atoms with Crippen LogP contribution in [0.4, 0.5) is 11.4 Å². The van der Waals surface area contributed by atoms with E-state index in [1.807, 2.05) is 0 Å². The average Bonchev–Trinajstić information content (AvgIpc) is 2.71. The van der Waals surface area contributed by atoms with Gasteiger partial charge in [-0.3, -0.25) is 18.6 Å². The summed E-state index contributed by atoms with van der Waals surface area (Å²) < 4.78 is 93.3. The molecule has 0 saturated carbocycles. The van der Waals surface area contributed by atoms with E-state index >= 15 is 0 Å². The van der Waals surface area contributed by atoms with Crippen LogP contribution in [-0.4, -0.2) is 45.5 Å². The maximum absolute atomic E-state index is 12.1. The highest BCUT2D eigenvalue weighted by molar-refractivity contribution is 7.93. The Kier molecular flexibility index (Phi) is 8.50. The van der Waals surface area contributed by atoms with Crippen LogP contribution in [0, 0.1) is 5.92 Å². The zero-order chi connectivity index (χ0) is 26.8. The molecule has 0 fully saturated rings. The van der Waals surface area contributed by atoms with Crippen LogP contribution in [0.5, 0.6) is 0 Å². The molecule has 11 nitrogen and oxygen atoms in total. The van der Waals surface area contributed by atoms with Gasteiger partial charge in [0.05, 0.1) is 5.25 Å². The van der Waals surface area contributed by atoms with E-state index in [-0.39, 0.29) is 34.3 Å². The van der Waals surface area contributed by atoms with Crippen molar-refractivity contribution in [3.8, 4) is 0 Å². The Morgan fingerprint density at radius 1 is 0.771 bits per heavy atom. The zero-order valence-corrected chi connectivity index (χ0v) is 21.7. The number of hydrogen-bond donors (Lipinski definition) is 4. The summed E-state index contributed by atoms with van der Waals surface area (Å²) in [6.45, 7) is 6.13. The molecule has 0 bridgehead atoms. The fourth-order valence-electron chi connectivity index (χ4n) is 2.68. The normalized spacial score (nSPS) is 12.9. The predicted molar refractivity (Wildman–Crippen MR) is 133 cm³/mol. The van der Waals surface area contributed by atoms with Crippen LogP contribution < -0.4 is 10.0 Å². The van der Waals surface area contributed by atoms with Gasteiger partial charge in [0, 0.05) is 17.3 Å². The largest absolute Gasteiger partial charge is 0.326 e. The van der Waals surface area contributed by atoms with Gasteiger partial charge in [-0.2, -0.15) is 16.8 Å². The van der Waals surface area contributed by atoms with Crippen molar-refractivity contribution in [2.45, 2.75) is 42.7 Å². The quantitative estimate of drug-likeness (QED) is 0.271. The van der Waals surface area contributed by atoms with Gasteiger partial charge in [0.2, 0.25) is 15.9 Å². The molecule has 192 valence electrons. The minimum Gasteiger partial charge on any atom is -0.326 e. The van der Waals surface area contributed by atoms with Crippen molar-refractivity contribution in [3.05, 3.63) is 47.5 Å². The van der Waals surface area contributed by atoms with Crippen LogP contribution in [0.1, 0.15) is 38.8 Å². The van der Waals surface area contributed by atoms with Crippen LogP contribution in [0.2, 0.25) is 0 Å². The number of benzene rings is 2. The summed E-state index contributed by atoms with van der Waals surface area (Å²) in [5, 5.41) is 1.71. The van der Waals surface area contributed by atoms with E-state index in [2.05, 4.69) is 10.0 Å². The number of rotatable bonds is 9. The molecule has 0 aliphatic carbocycles. The summed E-state index contributed by atoms with van der Waals surface area (Å²) in [6, 6.07) is 7.12. The molecule has 0 spiro atoms. The van der Waals surface area contributed by atoms with Gasteiger partial charge in [0.25, 0.3) is 20.2 Å². The zero-order valence-electron chi connectivity index (χ0n) is 19.3. The van der Waals surface area contributed by atoms with Crippen LogP contribution in [0.15, 0.2) is 46.2 Å². The maximum atomic E-state index is 12.1. The first-order valence-corrected chi connectivity index (χ1v) is 14.6. The first-order chi connectivity index (χ1) is 15.9. The molecular weight excluding hydrogens is 520 g/mol. The lowest BCUT2D eigenvalue weighted by Crippen LogP contribution is -2.22. The second kappa shape index (κ2) is 10.5. The van der Waals surface area contributed by atoms with E-state index in [9.17, 15) is 39.2 Å². The summed E-state index contributed by atoms with van der Waals surface area (Å²) in [5.41, 5.74) is -0.111. The van der Waals surface area contributed by atoms with Crippen LogP contribution in [0.25, 0.3) is 12.2 Å². The Labute approximate surface area is 204 Å². The molecule has 0 radical (unpaired) electrons. The molecule has 2 aromatic rings. The van der Waals surface area contributed by atoms with E-state index in [1.54, 1.807) is 13.8 Å². The van der Waals surface area contributed by atoms with Crippen molar-refractivity contribution in [3.63, 3.8) is 0 Å². The van der Waals surface area contributed by atoms with E-state index in [0.717, 1.165) is 12.1 Å². The van der Waals surface area contributed by atoms with Crippen molar-refractivity contribution in [2.24, 2.45) is 5.92 Å². The second-order valence-electron chi connectivity index (χ2n) is 8.13. The molecule has 1 amide bonds. The predicted octanol–water partition coefficient (Wildman–Crippen LogP) is 3.10. The molecule has 14 heteroatoms. The van der Waals surface area contributed by atoms with Crippen LogP contribution in [0.3, 0.4) is 0 Å². The molecule has 0 atom stereocenters. The molecule has 35 heavy (non-hydrogen) atoms. The molecular formula is C21H26N2O9S3. The third-order valence-electron chi connectivity index (χ3n) is 4.70. The highest BCUT2D eigenvalue weighted by atomic mass is 32.2. The fraction of sp³-hybridized carbons (Fsp3) is 0.286. The average molecular weight is 547 g/mol. The van der Waals surface area contributed by atoms with Crippen molar-refractivity contribution in [2.75, 3.05) is 10.0 Å². The first-order valence-electron chi connectivity index (χ1n) is 10.2. The maximum Gasteiger partial charge on any atom is 0.295 e. The molecule has 2 rings (SSSR count). The van der Waals surface area contributed by atoms with E-state index in [0.29, 0.717) is 0 Å². The third-order valence-corrected chi connectivity index (χ3v) is 8.28. The summed E-state index contributed by atoms with van der Waals surface area (Å²) in [7, 11) is -13.3. The number of nitrogens with one attached hydrogen (secondary N) is 2. The van der Waals surface area contributed by atoms with Crippen molar-refractivity contribution in [1.82, 2.24) is 0 Å². The number of anilines is 2. The topological polar surface area (TPSA) is 184 Å². The van der Waals surface area contributed by atoms with Gasteiger partial charge in [-0.25, -0.2) is 8.42 Å². The lowest BCUT2D eigenvalue weighted by atomic mass is 10.1. The van der Waals surface area contributed by atoms with E-state index < -0.39 is 45.3 Å². The lowest BCUT2D eigenvalue weighted by molar-refractivity contribution is -0.118. The molecule has 0 aliphatic rings. The summed E-state index contributed by atoms with van der Waals surface area (Å²) in [4.78, 5) is 10.7. The number of amides is 1. The lowest BCUT2D eigenvalue weighted by Gasteiger charge is -2.13. The minimum atomic E-state index is -4.80. The molecule has 0 aliphatic heterocycles. The Morgan fingerprint density at radius 2 is 1.20 bits per heavy atom. The summed E-state index contributed by atoms with van der Waals surface area (Å²) in [5.74, 6) is -0.754. The van der Waals surface area contributed by atoms with E-state index in [1.165, 1.54) is 50.3 Å². The molecule has 0 unspecified atom stereocenters. The molecule has 4 N–H and O–H groups in total. The van der Waals surface area contributed by atoms with Crippen LogP contribution >= 0.6 is 0 Å². The monoisotopic (exact) mass is 546 g/mol. The Morgan fingerprint density at radius 3 is 1.60 bits per heavy atom. The van der Waals surface area contributed by atoms with Gasteiger partial charge < -0.3 is 5.32 Å². The summed E-state index contributed by atoms with van der Waals surface area (Å²) >= 11 is 0. The Bertz CT molecular complexity index is 1480. The number of hydrogen-bond acceptors (Lipinski definition) is 7. The summed E-state index contributed by atoms with van der Waals surface area (Å²) in [6.07, 6.45) is 2.35. The van der Waals surface area contributed by atoms with Crippen molar-refractivity contribution < 1.29 is 39.2 Å². The van der Waals surface area contributed by atoms with Gasteiger partial charge in [-0.05, 0) is 49.2 Å². The molecule has 0 aromatic heterocycles. The Hall–Kier alpha value is -2.78. The third kappa shape index (κ3) is 7.60. The Balaban J connectivity index is 2.54. The number of carbonyl (C=O) groups is 1. The highest BCUT2D eigenvalue weighted by Gasteiger charge is 2.20. The first kappa shape index (κ1) is 28.5. The number of carbonyl (C=O) groups excluding carboxylic acids is 1. The standard InChI is InChI=1S/C21H26N2O9S3/c1-13(2)21(24)22-17-9-7-15(19(11-17)34(27,28)29)5-6-16-8-10-18(12-20(16)35(30,31)32)23-33(25,26)14(3)4/h5-14,23H,1-4H3,(H,22,24)(H,27,28,29)(H,30,31,32). The van der Waals surface area contributed by atoms with E-state index in [4.69, 9.17) is 0 Å². The highest BCUT2D eigenvalue weighted by Crippen LogP contribution is 2.27. The van der Waals surface area contributed by atoms with Gasteiger partial charge >= 0.3 is 0 Å². The van der Waals surface area contributed by atoms with Gasteiger partial charge in [-0.1, -0.05) is 38.1 Å². The minimum absolute atomic E-state index is 0.0408.